The second-order valence-corrected chi connectivity index (χ2v) is 2.95. The van der Waals surface area contributed by atoms with Crippen LogP contribution in [-0.2, 0) is 0 Å². The molecule has 72 valence electrons. The molecule has 0 aliphatic carbocycles. The van der Waals surface area contributed by atoms with Gasteiger partial charge in [0.15, 0.2) is 0 Å². The van der Waals surface area contributed by atoms with E-state index < -0.39 is 0 Å². The second-order valence-electron chi connectivity index (χ2n) is 2.95. The van der Waals surface area contributed by atoms with E-state index in [0.717, 1.165) is 13.0 Å². The zero-order chi connectivity index (χ0) is 9.56. The molecule has 0 aliphatic heterocycles. The van der Waals surface area contributed by atoms with Gasteiger partial charge in [0.2, 0.25) is 0 Å². The van der Waals surface area contributed by atoms with Crippen LogP contribution in [0.1, 0.15) is 13.3 Å². The number of carbonyl (C=O) groups excluding carboxylic acids is 1. The molecule has 0 bridgehead atoms. The summed E-state index contributed by atoms with van der Waals surface area (Å²) in [6.07, 6.45) is 0.972. The fourth-order valence-corrected chi connectivity index (χ4v) is 1.01. The lowest BCUT2D eigenvalue weighted by molar-refractivity contribution is 0.172. The fraction of sp³-hybridized carbons (Fsp3) is 0.875. The Morgan fingerprint density at radius 3 is 2.25 bits per heavy atom. The molecule has 4 heteroatoms. The highest BCUT2D eigenvalue weighted by molar-refractivity contribution is 5.73. The van der Waals surface area contributed by atoms with Crippen molar-refractivity contribution in [3.63, 3.8) is 0 Å². The minimum atomic E-state index is 0.0438. The van der Waals surface area contributed by atoms with E-state index in [9.17, 15) is 4.79 Å². The molecular formula is C8H19N3O. The Morgan fingerprint density at radius 2 is 1.92 bits per heavy atom. The lowest BCUT2D eigenvalue weighted by Gasteiger charge is -2.24. The number of hydrogen-bond donors (Lipinski definition) is 1. The fourth-order valence-electron chi connectivity index (χ4n) is 1.01. The van der Waals surface area contributed by atoms with Gasteiger partial charge in [0.05, 0.1) is 0 Å². The third kappa shape index (κ3) is 3.57. The third-order valence-corrected chi connectivity index (χ3v) is 1.55. The summed E-state index contributed by atoms with van der Waals surface area (Å²) in [5, 5.41) is 0. The van der Waals surface area contributed by atoms with Crippen LogP contribution >= 0.6 is 0 Å². The van der Waals surface area contributed by atoms with Crippen molar-refractivity contribution < 1.29 is 4.79 Å². The van der Waals surface area contributed by atoms with E-state index in [2.05, 4.69) is 0 Å². The van der Waals surface area contributed by atoms with E-state index in [1.807, 2.05) is 6.92 Å². The van der Waals surface area contributed by atoms with E-state index in [1.165, 1.54) is 0 Å². The minimum Gasteiger partial charge on any atom is -0.331 e. The van der Waals surface area contributed by atoms with Crippen molar-refractivity contribution in [2.75, 3.05) is 33.7 Å². The van der Waals surface area contributed by atoms with Crippen LogP contribution in [0, 0.1) is 0 Å². The van der Waals surface area contributed by atoms with Gasteiger partial charge in [-0.25, -0.2) is 4.79 Å². The summed E-state index contributed by atoms with van der Waals surface area (Å²) in [5.74, 6) is 0. The molecule has 0 atom stereocenters. The first-order chi connectivity index (χ1) is 5.63. The number of amides is 2. The van der Waals surface area contributed by atoms with Crippen molar-refractivity contribution in [1.29, 1.82) is 0 Å². The summed E-state index contributed by atoms with van der Waals surface area (Å²) in [7, 11) is 3.50. The van der Waals surface area contributed by atoms with Gasteiger partial charge in [0.1, 0.15) is 0 Å². The standard InChI is InChI=1S/C8H19N3O/c1-4-6-11(7-5-9)8(12)10(2)3/h4-7,9H2,1-3H3. The van der Waals surface area contributed by atoms with Crippen LogP contribution in [0.5, 0.6) is 0 Å². The van der Waals surface area contributed by atoms with Crippen LogP contribution in [0.15, 0.2) is 0 Å². The van der Waals surface area contributed by atoms with Gasteiger partial charge >= 0.3 is 6.03 Å². The average Bonchev–Trinajstić information content (AvgIpc) is 2.03. The molecule has 0 saturated heterocycles. The molecule has 0 fully saturated rings. The Balaban J connectivity index is 3.99. The smallest absolute Gasteiger partial charge is 0.319 e. The van der Waals surface area contributed by atoms with Gasteiger partial charge in [-0.1, -0.05) is 6.92 Å². The molecule has 0 heterocycles. The number of hydrogen-bond acceptors (Lipinski definition) is 2. The molecule has 0 aromatic heterocycles. The van der Waals surface area contributed by atoms with Crippen LogP contribution in [0.25, 0.3) is 0 Å². The highest BCUT2D eigenvalue weighted by Gasteiger charge is 2.12. The van der Waals surface area contributed by atoms with Crippen molar-refractivity contribution >= 4 is 6.03 Å². The Kier molecular flexibility index (Phi) is 5.45. The van der Waals surface area contributed by atoms with Crippen molar-refractivity contribution in [1.82, 2.24) is 9.80 Å². The maximum absolute atomic E-state index is 11.4. The molecule has 2 N–H and O–H groups in total. The van der Waals surface area contributed by atoms with Crippen LogP contribution < -0.4 is 5.73 Å². The van der Waals surface area contributed by atoms with Gasteiger partial charge in [0, 0.05) is 33.7 Å². The number of nitrogens with zero attached hydrogens (tertiary/aromatic N) is 2. The molecule has 0 radical (unpaired) electrons. The zero-order valence-corrected chi connectivity index (χ0v) is 8.21. The highest BCUT2D eigenvalue weighted by atomic mass is 16.2. The zero-order valence-electron chi connectivity index (χ0n) is 8.21. The van der Waals surface area contributed by atoms with Crippen molar-refractivity contribution in [3.8, 4) is 0 Å². The summed E-state index contributed by atoms with van der Waals surface area (Å²) in [6.45, 7) is 4.01. The summed E-state index contributed by atoms with van der Waals surface area (Å²) in [4.78, 5) is 14.8. The van der Waals surface area contributed by atoms with E-state index in [0.29, 0.717) is 13.1 Å². The van der Waals surface area contributed by atoms with E-state index in [1.54, 1.807) is 23.9 Å². The predicted octanol–water partition coefficient (Wildman–Crippen LogP) is 0.339. The van der Waals surface area contributed by atoms with Gasteiger partial charge < -0.3 is 15.5 Å². The molecule has 0 spiro atoms. The van der Waals surface area contributed by atoms with Crippen LogP contribution in [0.2, 0.25) is 0 Å². The Morgan fingerprint density at radius 1 is 1.33 bits per heavy atom. The molecule has 12 heavy (non-hydrogen) atoms. The van der Waals surface area contributed by atoms with Gasteiger partial charge in [-0.3, -0.25) is 0 Å². The lowest BCUT2D eigenvalue weighted by atomic mass is 10.4. The number of nitrogens with two attached hydrogens (primary N) is 1. The molecule has 0 aliphatic rings. The summed E-state index contributed by atoms with van der Waals surface area (Å²) in [5.41, 5.74) is 5.39. The average molecular weight is 173 g/mol. The van der Waals surface area contributed by atoms with Gasteiger partial charge in [-0.2, -0.15) is 0 Å². The van der Waals surface area contributed by atoms with Crippen molar-refractivity contribution in [3.05, 3.63) is 0 Å². The Bertz CT molecular complexity index is 130. The first-order valence-corrected chi connectivity index (χ1v) is 4.29. The quantitative estimate of drug-likeness (QED) is 0.666. The third-order valence-electron chi connectivity index (χ3n) is 1.55. The first kappa shape index (κ1) is 11.2. The summed E-state index contributed by atoms with van der Waals surface area (Å²) >= 11 is 0. The largest absolute Gasteiger partial charge is 0.331 e. The summed E-state index contributed by atoms with van der Waals surface area (Å²) in [6, 6.07) is 0.0438. The molecule has 0 aromatic rings. The molecule has 0 unspecified atom stereocenters. The molecule has 2 amide bonds. The number of rotatable bonds is 4. The maximum Gasteiger partial charge on any atom is 0.319 e. The van der Waals surface area contributed by atoms with E-state index in [-0.39, 0.29) is 6.03 Å². The van der Waals surface area contributed by atoms with Crippen LogP contribution in [-0.4, -0.2) is 49.6 Å². The van der Waals surface area contributed by atoms with Crippen LogP contribution in [0.4, 0.5) is 4.79 Å². The maximum atomic E-state index is 11.4. The Labute approximate surface area is 74.3 Å². The minimum absolute atomic E-state index is 0.0438. The number of urea groups is 1. The predicted molar refractivity (Wildman–Crippen MR) is 50.0 cm³/mol. The topological polar surface area (TPSA) is 49.6 Å². The molecule has 0 rings (SSSR count). The lowest BCUT2D eigenvalue weighted by Crippen LogP contribution is -2.42. The highest BCUT2D eigenvalue weighted by Crippen LogP contribution is 1.95. The Hall–Kier alpha value is -0.770. The molecular weight excluding hydrogens is 154 g/mol. The normalized spacial score (nSPS) is 9.67. The van der Waals surface area contributed by atoms with E-state index >= 15 is 0 Å². The first-order valence-electron chi connectivity index (χ1n) is 4.29. The summed E-state index contributed by atoms with van der Waals surface area (Å²) < 4.78 is 0. The van der Waals surface area contributed by atoms with Crippen molar-refractivity contribution in [2.45, 2.75) is 13.3 Å². The van der Waals surface area contributed by atoms with E-state index in [4.69, 9.17) is 5.73 Å². The second kappa shape index (κ2) is 5.83. The number of carbonyl (C=O) groups is 1. The molecule has 0 aromatic carbocycles. The van der Waals surface area contributed by atoms with Crippen LogP contribution in [0.3, 0.4) is 0 Å². The van der Waals surface area contributed by atoms with Gasteiger partial charge in [-0.05, 0) is 6.42 Å². The van der Waals surface area contributed by atoms with Gasteiger partial charge in [0.25, 0.3) is 0 Å². The monoisotopic (exact) mass is 173 g/mol. The van der Waals surface area contributed by atoms with Gasteiger partial charge in [-0.15, -0.1) is 0 Å². The SMILES string of the molecule is CCCN(CCN)C(=O)N(C)C. The molecule has 0 saturated carbocycles. The van der Waals surface area contributed by atoms with Crippen molar-refractivity contribution in [2.24, 2.45) is 5.73 Å². The molecule has 4 nitrogen and oxygen atoms in total.